The van der Waals surface area contributed by atoms with Crippen LogP contribution in [-0.4, -0.2) is 24.9 Å². The molecule has 0 saturated carbocycles. The smallest absolute Gasteiger partial charge is 0.330 e. The maximum atomic E-state index is 10.7. The van der Waals surface area contributed by atoms with Gasteiger partial charge in [0.2, 0.25) is 0 Å². The molecule has 0 fully saturated rings. The van der Waals surface area contributed by atoms with Crippen molar-refractivity contribution in [2.75, 3.05) is 7.11 Å². The van der Waals surface area contributed by atoms with Gasteiger partial charge in [-0.3, -0.25) is 0 Å². The Balaban J connectivity index is 2.45. The molecule has 13 heavy (non-hydrogen) atoms. The quantitative estimate of drug-likeness (QED) is 0.478. The van der Waals surface area contributed by atoms with Crippen LogP contribution in [0.3, 0.4) is 0 Å². The zero-order valence-electron chi connectivity index (χ0n) is 7.82. The topological polar surface area (TPSA) is 47.9 Å². The first-order chi connectivity index (χ1) is 6.22. The normalized spacial score (nSPS) is 22.3. The predicted octanol–water partition coefficient (Wildman–Crippen LogP) is 1.27. The second kappa shape index (κ2) is 4.64. The molecule has 4 nitrogen and oxygen atoms in total. The van der Waals surface area contributed by atoms with Gasteiger partial charge in [0, 0.05) is 6.08 Å². The molecule has 0 aromatic carbocycles. The van der Waals surface area contributed by atoms with Crippen molar-refractivity contribution in [1.82, 2.24) is 0 Å². The SMILES string of the molecule is COC(=O)/C=C/C1=NOC(C)CC1. The minimum Gasteiger partial charge on any atom is -0.466 e. The molecule has 1 aliphatic rings. The molecular formula is C9H13NO3. The molecule has 1 heterocycles. The highest BCUT2D eigenvalue weighted by molar-refractivity contribution is 5.99. The third-order valence-electron chi connectivity index (χ3n) is 1.77. The third kappa shape index (κ3) is 3.27. The van der Waals surface area contributed by atoms with Crippen LogP contribution in [0.1, 0.15) is 19.8 Å². The average Bonchev–Trinajstić information content (AvgIpc) is 2.16. The average molecular weight is 183 g/mol. The molecule has 0 aliphatic carbocycles. The molecule has 1 aliphatic heterocycles. The number of nitrogens with zero attached hydrogens (tertiary/aromatic N) is 1. The predicted molar refractivity (Wildman–Crippen MR) is 48.4 cm³/mol. The van der Waals surface area contributed by atoms with E-state index in [9.17, 15) is 4.79 Å². The second-order valence-corrected chi connectivity index (χ2v) is 2.89. The number of ether oxygens (including phenoxy) is 1. The van der Waals surface area contributed by atoms with Gasteiger partial charge in [0.05, 0.1) is 12.8 Å². The Morgan fingerprint density at radius 1 is 1.77 bits per heavy atom. The van der Waals surface area contributed by atoms with E-state index in [4.69, 9.17) is 4.84 Å². The maximum Gasteiger partial charge on any atom is 0.330 e. The summed E-state index contributed by atoms with van der Waals surface area (Å²) < 4.78 is 4.44. The van der Waals surface area contributed by atoms with Crippen LogP contribution in [0.15, 0.2) is 17.3 Å². The number of hydrogen-bond donors (Lipinski definition) is 0. The number of oxime groups is 1. The minimum atomic E-state index is -0.374. The molecule has 1 unspecified atom stereocenters. The molecule has 1 atom stereocenters. The maximum absolute atomic E-state index is 10.7. The van der Waals surface area contributed by atoms with E-state index < -0.39 is 0 Å². The molecule has 0 N–H and O–H groups in total. The van der Waals surface area contributed by atoms with Crippen LogP contribution in [-0.2, 0) is 14.4 Å². The molecule has 72 valence electrons. The van der Waals surface area contributed by atoms with Gasteiger partial charge in [-0.15, -0.1) is 0 Å². The van der Waals surface area contributed by atoms with E-state index in [0.717, 1.165) is 18.6 Å². The first-order valence-electron chi connectivity index (χ1n) is 4.21. The van der Waals surface area contributed by atoms with Gasteiger partial charge >= 0.3 is 5.97 Å². The monoisotopic (exact) mass is 183 g/mol. The van der Waals surface area contributed by atoms with Crippen LogP contribution in [0.4, 0.5) is 0 Å². The fourth-order valence-electron chi connectivity index (χ4n) is 0.953. The highest BCUT2D eigenvalue weighted by Gasteiger charge is 2.10. The standard InChI is InChI=1S/C9H13NO3/c1-7-3-4-8(10-13-7)5-6-9(11)12-2/h5-7H,3-4H2,1-2H3/b6-5+. The van der Waals surface area contributed by atoms with Crippen LogP contribution in [0.25, 0.3) is 0 Å². The minimum absolute atomic E-state index is 0.176. The summed E-state index contributed by atoms with van der Waals surface area (Å²) >= 11 is 0. The zero-order valence-corrected chi connectivity index (χ0v) is 7.82. The van der Waals surface area contributed by atoms with Crippen LogP contribution >= 0.6 is 0 Å². The Morgan fingerprint density at radius 3 is 3.08 bits per heavy atom. The molecular weight excluding hydrogens is 170 g/mol. The van der Waals surface area contributed by atoms with Crippen LogP contribution in [0.5, 0.6) is 0 Å². The van der Waals surface area contributed by atoms with Crippen molar-refractivity contribution >= 4 is 11.7 Å². The van der Waals surface area contributed by atoms with Crippen molar-refractivity contribution in [1.29, 1.82) is 0 Å². The highest BCUT2D eigenvalue weighted by atomic mass is 16.6. The van der Waals surface area contributed by atoms with E-state index in [0.29, 0.717) is 0 Å². The summed E-state index contributed by atoms with van der Waals surface area (Å²) in [5, 5.41) is 3.84. The van der Waals surface area contributed by atoms with E-state index in [1.165, 1.54) is 13.2 Å². The van der Waals surface area contributed by atoms with E-state index in [-0.39, 0.29) is 12.1 Å². The number of rotatable bonds is 2. The van der Waals surface area contributed by atoms with Gasteiger partial charge in [0.25, 0.3) is 0 Å². The van der Waals surface area contributed by atoms with Crippen LogP contribution in [0, 0.1) is 0 Å². The fraction of sp³-hybridized carbons (Fsp3) is 0.556. The summed E-state index contributed by atoms with van der Waals surface area (Å²) in [5.41, 5.74) is 0.781. The number of allylic oxidation sites excluding steroid dienone is 1. The zero-order chi connectivity index (χ0) is 9.68. The largest absolute Gasteiger partial charge is 0.466 e. The lowest BCUT2D eigenvalue weighted by Gasteiger charge is -2.15. The van der Waals surface area contributed by atoms with Gasteiger partial charge in [0.15, 0.2) is 0 Å². The Hall–Kier alpha value is -1.32. The molecule has 0 saturated heterocycles. The summed E-state index contributed by atoms with van der Waals surface area (Å²) in [5.74, 6) is -0.374. The lowest BCUT2D eigenvalue weighted by molar-refractivity contribution is -0.134. The Labute approximate surface area is 77.2 Å². The van der Waals surface area contributed by atoms with E-state index in [1.54, 1.807) is 6.08 Å². The lowest BCUT2D eigenvalue weighted by Crippen LogP contribution is -2.14. The van der Waals surface area contributed by atoms with Gasteiger partial charge in [-0.05, 0) is 25.8 Å². The molecule has 0 aromatic rings. The van der Waals surface area contributed by atoms with E-state index >= 15 is 0 Å². The summed E-state index contributed by atoms with van der Waals surface area (Å²) in [7, 11) is 1.34. The first-order valence-corrected chi connectivity index (χ1v) is 4.21. The molecule has 1 rings (SSSR count). The number of methoxy groups -OCH3 is 1. The molecule has 4 heteroatoms. The van der Waals surface area contributed by atoms with E-state index in [2.05, 4.69) is 9.89 Å². The van der Waals surface area contributed by atoms with Crippen molar-refractivity contribution in [3.05, 3.63) is 12.2 Å². The Bertz CT molecular complexity index is 245. The number of hydrogen-bond acceptors (Lipinski definition) is 4. The van der Waals surface area contributed by atoms with Gasteiger partial charge in [0.1, 0.15) is 6.10 Å². The number of carbonyl (C=O) groups is 1. The van der Waals surface area contributed by atoms with E-state index in [1.807, 2.05) is 6.92 Å². The number of esters is 1. The van der Waals surface area contributed by atoms with Crippen molar-refractivity contribution in [3.63, 3.8) is 0 Å². The summed E-state index contributed by atoms with van der Waals surface area (Å²) in [4.78, 5) is 15.8. The first kappa shape index (κ1) is 9.77. The van der Waals surface area contributed by atoms with Crippen molar-refractivity contribution in [2.24, 2.45) is 5.16 Å². The Kier molecular flexibility index (Phi) is 3.49. The molecule has 0 aromatic heterocycles. The molecule has 0 bridgehead atoms. The molecule has 0 radical (unpaired) electrons. The third-order valence-corrected chi connectivity index (χ3v) is 1.77. The fourth-order valence-corrected chi connectivity index (χ4v) is 0.953. The van der Waals surface area contributed by atoms with Gasteiger partial charge in [-0.2, -0.15) is 0 Å². The lowest BCUT2D eigenvalue weighted by atomic mass is 10.1. The van der Waals surface area contributed by atoms with Crippen molar-refractivity contribution in [2.45, 2.75) is 25.9 Å². The van der Waals surface area contributed by atoms with Crippen LogP contribution < -0.4 is 0 Å². The van der Waals surface area contributed by atoms with Crippen molar-refractivity contribution < 1.29 is 14.4 Å². The van der Waals surface area contributed by atoms with Gasteiger partial charge in [-0.25, -0.2) is 4.79 Å². The molecule has 0 amide bonds. The number of carbonyl (C=O) groups excluding carboxylic acids is 1. The summed E-state index contributed by atoms with van der Waals surface area (Å²) in [6, 6.07) is 0. The highest BCUT2D eigenvalue weighted by Crippen LogP contribution is 2.10. The van der Waals surface area contributed by atoms with Gasteiger partial charge in [-0.1, -0.05) is 5.16 Å². The van der Waals surface area contributed by atoms with Crippen LogP contribution in [0.2, 0.25) is 0 Å². The summed E-state index contributed by atoms with van der Waals surface area (Å²) in [6.07, 6.45) is 4.92. The van der Waals surface area contributed by atoms with Gasteiger partial charge < -0.3 is 9.57 Å². The summed E-state index contributed by atoms with van der Waals surface area (Å²) in [6.45, 7) is 1.96. The second-order valence-electron chi connectivity index (χ2n) is 2.89. The molecule has 0 spiro atoms. The van der Waals surface area contributed by atoms with Crippen molar-refractivity contribution in [3.8, 4) is 0 Å². The Morgan fingerprint density at radius 2 is 2.54 bits per heavy atom.